The number of rotatable bonds is 19. The summed E-state index contributed by atoms with van der Waals surface area (Å²) in [6, 6.07) is 12.8. The lowest BCUT2D eigenvalue weighted by atomic mass is 10.0. The summed E-state index contributed by atoms with van der Waals surface area (Å²) in [6.45, 7) is 2.61. The van der Waals surface area contributed by atoms with Crippen LogP contribution in [0.2, 0.25) is 0 Å². The van der Waals surface area contributed by atoms with Gasteiger partial charge in [0.25, 0.3) is 0 Å². The molecule has 4 amide bonds. The zero-order valence-corrected chi connectivity index (χ0v) is 25.3. The summed E-state index contributed by atoms with van der Waals surface area (Å²) < 4.78 is 0. The van der Waals surface area contributed by atoms with Crippen molar-refractivity contribution >= 4 is 29.6 Å². The molecule has 0 aliphatic heterocycles. The van der Waals surface area contributed by atoms with Gasteiger partial charge in [0, 0.05) is 13.0 Å². The zero-order valence-electron chi connectivity index (χ0n) is 25.3. The van der Waals surface area contributed by atoms with Crippen LogP contribution in [0.5, 0.6) is 0 Å². The van der Waals surface area contributed by atoms with Crippen molar-refractivity contribution in [3.63, 3.8) is 0 Å². The maximum atomic E-state index is 13.6. The molecule has 0 bridgehead atoms. The second kappa shape index (κ2) is 18.9. The number of hydrogen-bond acceptors (Lipinski definition) is 7. The quantitative estimate of drug-likeness (QED) is 0.0569. The average Bonchev–Trinajstić information content (AvgIpc) is 2.99. The first-order chi connectivity index (χ1) is 21.0. The minimum absolute atomic E-state index is 0.0924. The topological polar surface area (TPSA) is 247 Å². The van der Waals surface area contributed by atoms with Gasteiger partial charge in [-0.05, 0) is 63.1 Å². The van der Waals surface area contributed by atoms with E-state index in [1.807, 2.05) is 61.5 Å². The van der Waals surface area contributed by atoms with Gasteiger partial charge < -0.3 is 44.6 Å². The standard InChI is InChI=1S/C31H47N9O4/c1-20-12-14-22(15-13-20)19-26(30(44)38-24(27(34)41)10-5-6-16-32)40-29(43)25(11-7-17-37-31(35)36)39-28(42)23(33)18-21-8-3-2-4-9-21/h2-4,8-9,12-15,23-26H,5-7,10-11,16-19,32-33H2,1H3,(H2,34,41)(H,38,44)(H,39,42)(H,40,43)(H4,35,36,37). The molecule has 0 spiro atoms. The zero-order chi connectivity index (χ0) is 32.5. The maximum Gasteiger partial charge on any atom is 0.243 e. The summed E-state index contributed by atoms with van der Waals surface area (Å²) in [5.41, 5.74) is 30.8. The predicted octanol–water partition coefficient (Wildman–Crippen LogP) is -0.770. The molecule has 0 aromatic heterocycles. The van der Waals surface area contributed by atoms with Gasteiger partial charge in [0.2, 0.25) is 23.6 Å². The normalized spacial score (nSPS) is 13.5. The molecule has 240 valence electrons. The number of nitrogens with zero attached hydrogens (tertiary/aromatic N) is 1. The summed E-state index contributed by atoms with van der Waals surface area (Å²) in [4.78, 5) is 56.2. The minimum Gasteiger partial charge on any atom is -0.370 e. The smallest absolute Gasteiger partial charge is 0.243 e. The molecular weight excluding hydrogens is 562 g/mol. The van der Waals surface area contributed by atoms with Crippen molar-refractivity contribution in [2.75, 3.05) is 13.1 Å². The van der Waals surface area contributed by atoms with E-state index in [1.165, 1.54) is 0 Å². The molecule has 0 aliphatic carbocycles. The fourth-order valence-electron chi connectivity index (χ4n) is 4.50. The second-order valence-electron chi connectivity index (χ2n) is 10.8. The van der Waals surface area contributed by atoms with E-state index in [1.54, 1.807) is 0 Å². The van der Waals surface area contributed by atoms with Gasteiger partial charge in [0.15, 0.2) is 5.96 Å². The predicted molar refractivity (Wildman–Crippen MR) is 171 cm³/mol. The lowest BCUT2D eigenvalue weighted by Gasteiger charge is -2.25. The number of carbonyl (C=O) groups excluding carboxylic acids is 4. The van der Waals surface area contributed by atoms with Crippen LogP contribution in [0.15, 0.2) is 59.6 Å². The number of hydrogen-bond donors (Lipinski definition) is 8. The Balaban J connectivity index is 2.25. The SMILES string of the molecule is Cc1ccc(CC(NC(=O)C(CCCN=C(N)N)NC(=O)C(N)Cc2ccccc2)C(=O)NC(CCCCN)C(N)=O)cc1. The molecule has 0 aliphatic rings. The molecule has 44 heavy (non-hydrogen) atoms. The van der Waals surface area contributed by atoms with Gasteiger partial charge in [-0.25, -0.2) is 0 Å². The number of primary amides is 1. The first kappa shape index (κ1) is 35.7. The molecule has 2 aromatic rings. The Morgan fingerprint density at radius 3 is 1.89 bits per heavy atom. The molecule has 0 radical (unpaired) electrons. The molecule has 13 nitrogen and oxygen atoms in total. The number of nitrogens with two attached hydrogens (primary N) is 5. The van der Waals surface area contributed by atoms with Crippen molar-refractivity contribution in [2.45, 2.75) is 76.0 Å². The molecule has 2 rings (SSSR count). The van der Waals surface area contributed by atoms with Crippen LogP contribution < -0.4 is 44.6 Å². The number of nitrogens with one attached hydrogen (secondary N) is 3. The van der Waals surface area contributed by atoms with Gasteiger partial charge in [0.1, 0.15) is 18.1 Å². The van der Waals surface area contributed by atoms with Gasteiger partial charge in [-0.2, -0.15) is 0 Å². The molecule has 4 unspecified atom stereocenters. The van der Waals surface area contributed by atoms with Crippen LogP contribution in [0.25, 0.3) is 0 Å². The van der Waals surface area contributed by atoms with Crippen LogP contribution in [-0.2, 0) is 32.0 Å². The van der Waals surface area contributed by atoms with E-state index in [9.17, 15) is 19.2 Å². The lowest BCUT2D eigenvalue weighted by Crippen LogP contribution is -2.58. The minimum atomic E-state index is -1.07. The molecule has 0 heterocycles. The van der Waals surface area contributed by atoms with Gasteiger partial charge in [0.05, 0.1) is 6.04 Å². The molecule has 13 N–H and O–H groups in total. The fraction of sp³-hybridized carbons (Fsp3) is 0.452. The average molecular weight is 610 g/mol. The monoisotopic (exact) mass is 609 g/mol. The molecule has 0 saturated carbocycles. The third-order valence-corrected chi connectivity index (χ3v) is 7.01. The highest BCUT2D eigenvalue weighted by atomic mass is 16.2. The Hall–Kier alpha value is -4.49. The van der Waals surface area contributed by atoms with Crippen molar-refractivity contribution in [3.05, 3.63) is 71.3 Å². The third-order valence-electron chi connectivity index (χ3n) is 7.01. The van der Waals surface area contributed by atoms with Crippen LogP contribution in [0.3, 0.4) is 0 Å². The van der Waals surface area contributed by atoms with E-state index in [0.29, 0.717) is 32.2 Å². The van der Waals surface area contributed by atoms with Gasteiger partial charge >= 0.3 is 0 Å². The molecule has 2 aromatic carbocycles. The second-order valence-corrected chi connectivity index (χ2v) is 10.8. The summed E-state index contributed by atoms with van der Waals surface area (Å²) in [5, 5.41) is 8.18. The first-order valence-corrected chi connectivity index (χ1v) is 14.8. The molecule has 0 fully saturated rings. The van der Waals surface area contributed by atoms with Crippen LogP contribution in [-0.4, -0.2) is 66.8 Å². The first-order valence-electron chi connectivity index (χ1n) is 14.8. The van der Waals surface area contributed by atoms with E-state index in [-0.39, 0.29) is 31.8 Å². The van der Waals surface area contributed by atoms with Crippen LogP contribution in [0, 0.1) is 6.92 Å². The van der Waals surface area contributed by atoms with Gasteiger partial charge in [-0.15, -0.1) is 0 Å². The van der Waals surface area contributed by atoms with Crippen molar-refractivity contribution in [1.29, 1.82) is 0 Å². The van der Waals surface area contributed by atoms with Gasteiger partial charge in [-0.3, -0.25) is 24.2 Å². The number of guanidine groups is 1. The Kier molecular flexibility index (Phi) is 15.4. The highest BCUT2D eigenvalue weighted by molar-refractivity contribution is 5.94. The van der Waals surface area contributed by atoms with Crippen LogP contribution in [0.1, 0.15) is 48.8 Å². The number of aliphatic imine (C=N–C) groups is 1. The van der Waals surface area contributed by atoms with Crippen LogP contribution >= 0.6 is 0 Å². The van der Waals surface area contributed by atoms with Crippen molar-refractivity contribution < 1.29 is 19.2 Å². The highest BCUT2D eigenvalue weighted by Gasteiger charge is 2.30. The van der Waals surface area contributed by atoms with E-state index in [4.69, 9.17) is 28.7 Å². The molecular formula is C31H47N9O4. The number of aryl methyl sites for hydroxylation is 1. The molecule has 4 atom stereocenters. The molecule has 0 saturated heterocycles. The van der Waals surface area contributed by atoms with E-state index in [2.05, 4.69) is 20.9 Å². The Bertz CT molecular complexity index is 1230. The number of amides is 4. The van der Waals surface area contributed by atoms with Crippen molar-refractivity contribution in [1.82, 2.24) is 16.0 Å². The third kappa shape index (κ3) is 13.2. The number of carbonyl (C=O) groups is 4. The Morgan fingerprint density at radius 1 is 0.705 bits per heavy atom. The van der Waals surface area contributed by atoms with E-state index >= 15 is 0 Å². The van der Waals surface area contributed by atoms with Crippen molar-refractivity contribution in [2.24, 2.45) is 33.7 Å². The van der Waals surface area contributed by atoms with Crippen LogP contribution in [0.4, 0.5) is 0 Å². The summed E-state index contributed by atoms with van der Waals surface area (Å²) in [5.74, 6) is -2.48. The lowest BCUT2D eigenvalue weighted by molar-refractivity contribution is -0.133. The number of benzene rings is 2. The summed E-state index contributed by atoms with van der Waals surface area (Å²) in [6.07, 6.45) is 2.51. The Labute approximate surface area is 258 Å². The Morgan fingerprint density at radius 2 is 1.27 bits per heavy atom. The summed E-state index contributed by atoms with van der Waals surface area (Å²) >= 11 is 0. The maximum absolute atomic E-state index is 13.6. The highest BCUT2D eigenvalue weighted by Crippen LogP contribution is 2.10. The van der Waals surface area contributed by atoms with Crippen molar-refractivity contribution in [3.8, 4) is 0 Å². The summed E-state index contributed by atoms with van der Waals surface area (Å²) in [7, 11) is 0. The number of unbranched alkanes of at least 4 members (excludes halogenated alkanes) is 1. The van der Waals surface area contributed by atoms with E-state index < -0.39 is 47.8 Å². The van der Waals surface area contributed by atoms with E-state index in [0.717, 1.165) is 16.7 Å². The van der Waals surface area contributed by atoms with Gasteiger partial charge in [-0.1, -0.05) is 60.2 Å². The molecule has 13 heteroatoms. The largest absolute Gasteiger partial charge is 0.370 e. The fourth-order valence-corrected chi connectivity index (χ4v) is 4.50.